The number of nitrogens with one attached hydrogen (secondary N) is 1. The van der Waals surface area contributed by atoms with Crippen molar-refractivity contribution in [1.29, 1.82) is 0 Å². The van der Waals surface area contributed by atoms with E-state index in [1.807, 2.05) is 0 Å². The fourth-order valence-corrected chi connectivity index (χ4v) is 1.39. The summed E-state index contributed by atoms with van der Waals surface area (Å²) < 4.78 is 5.24. The zero-order valence-corrected chi connectivity index (χ0v) is 10.1. The molecule has 0 aliphatic heterocycles. The number of nitro benzene ring substituents is 1. The largest absolute Gasteiger partial charge is 0.483 e. The van der Waals surface area contributed by atoms with Crippen LogP contribution < -0.4 is 10.1 Å². The lowest BCUT2D eigenvalue weighted by molar-refractivity contribution is -0.385. The summed E-state index contributed by atoms with van der Waals surface area (Å²) >= 11 is 5.33. The molecule has 0 aliphatic carbocycles. The lowest BCUT2D eigenvalue weighted by Crippen LogP contribution is -2.06. The van der Waals surface area contributed by atoms with Crippen LogP contribution >= 0.6 is 11.6 Å². The Morgan fingerprint density at radius 3 is 2.94 bits per heavy atom. The van der Waals surface area contributed by atoms with Gasteiger partial charge in [-0.25, -0.2) is 0 Å². The van der Waals surface area contributed by atoms with E-state index >= 15 is 0 Å². The average molecular weight is 257 g/mol. The third kappa shape index (κ3) is 4.05. The Hall–Kier alpha value is -1.59. The molecule has 1 aromatic carbocycles. The molecule has 0 aliphatic rings. The predicted molar refractivity (Wildman–Crippen MR) is 66.3 cm³/mol. The first-order chi connectivity index (χ1) is 8.19. The van der Waals surface area contributed by atoms with Crippen molar-refractivity contribution in [1.82, 2.24) is 5.32 Å². The highest BCUT2D eigenvalue weighted by Gasteiger charge is 2.15. The van der Waals surface area contributed by atoms with Crippen LogP contribution in [-0.4, -0.2) is 18.6 Å². The first-order valence-corrected chi connectivity index (χ1v) is 5.42. The molecule has 0 atom stereocenters. The van der Waals surface area contributed by atoms with Crippen LogP contribution in [-0.2, 0) is 6.54 Å². The second-order valence-electron chi connectivity index (χ2n) is 3.26. The maximum atomic E-state index is 10.9. The highest BCUT2D eigenvalue weighted by Crippen LogP contribution is 2.27. The van der Waals surface area contributed by atoms with E-state index in [-0.39, 0.29) is 18.0 Å². The van der Waals surface area contributed by atoms with Crippen molar-refractivity contribution in [3.05, 3.63) is 45.5 Å². The molecule has 0 aromatic heterocycles. The zero-order chi connectivity index (χ0) is 12.7. The summed E-state index contributed by atoms with van der Waals surface area (Å²) in [6.45, 7) is 0.776. The molecule has 17 heavy (non-hydrogen) atoms. The smallest absolute Gasteiger partial charge is 0.311 e. The summed E-state index contributed by atoms with van der Waals surface area (Å²) in [5.74, 6) is 0.240. The summed E-state index contributed by atoms with van der Waals surface area (Å²) in [5.41, 5.74) is 2.10. The summed E-state index contributed by atoms with van der Waals surface area (Å²) in [6.07, 6.45) is 1.56. The van der Waals surface area contributed by atoms with Crippen LogP contribution in [0.1, 0.15) is 5.56 Å². The van der Waals surface area contributed by atoms with Crippen molar-refractivity contribution in [3.8, 4) is 5.75 Å². The van der Waals surface area contributed by atoms with Gasteiger partial charge in [-0.2, -0.15) is 0 Å². The van der Waals surface area contributed by atoms with Crippen molar-refractivity contribution >= 4 is 17.3 Å². The highest BCUT2D eigenvalue weighted by molar-refractivity contribution is 6.25. The minimum atomic E-state index is -0.459. The first-order valence-electron chi connectivity index (χ1n) is 4.99. The number of ether oxygens (including phenoxy) is 1. The quantitative estimate of drug-likeness (QED) is 0.627. The van der Waals surface area contributed by atoms with Crippen molar-refractivity contribution < 1.29 is 9.66 Å². The van der Waals surface area contributed by atoms with Gasteiger partial charge in [-0.05, 0) is 24.8 Å². The van der Waals surface area contributed by atoms with Crippen molar-refractivity contribution in [3.63, 3.8) is 0 Å². The molecular weight excluding hydrogens is 244 g/mol. The van der Waals surface area contributed by atoms with Crippen LogP contribution in [0.15, 0.2) is 29.8 Å². The van der Waals surface area contributed by atoms with E-state index < -0.39 is 4.92 Å². The maximum absolute atomic E-state index is 10.9. The Morgan fingerprint density at radius 2 is 2.35 bits per heavy atom. The number of rotatable bonds is 6. The number of halogens is 1. The SMILES string of the molecule is CNCc1ccc(OC/C=C/Cl)c([N+](=O)[O-])c1. The number of hydrogen-bond acceptors (Lipinski definition) is 4. The van der Waals surface area contributed by atoms with Gasteiger partial charge in [0.15, 0.2) is 5.75 Å². The molecule has 1 rings (SSSR count). The molecule has 5 nitrogen and oxygen atoms in total. The maximum Gasteiger partial charge on any atom is 0.311 e. The van der Waals surface area contributed by atoms with Gasteiger partial charge >= 0.3 is 5.69 Å². The average Bonchev–Trinajstić information content (AvgIpc) is 2.31. The van der Waals surface area contributed by atoms with Gasteiger partial charge in [0.2, 0.25) is 0 Å². The van der Waals surface area contributed by atoms with E-state index in [9.17, 15) is 10.1 Å². The third-order valence-corrected chi connectivity index (χ3v) is 2.20. The van der Waals surface area contributed by atoms with E-state index in [0.717, 1.165) is 5.56 Å². The van der Waals surface area contributed by atoms with Gasteiger partial charge < -0.3 is 10.1 Å². The summed E-state index contributed by atoms with van der Waals surface area (Å²) in [7, 11) is 1.78. The Morgan fingerprint density at radius 1 is 1.59 bits per heavy atom. The van der Waals surface area contributed by atoms with E-state index in [1.165, 1.54) is 11.6 Å². The fraction of sp³-hybridized carbons (Fsp3) is 0.273. The Bertz CT molecular complexity index is 421. The molecule has 0 heterocycles. The van der Waals surface area contributed by atoms with Crippen molar-refractivity contribution in [2.75, 3.05) is 13.7 Å². The van der Waals surface area contributed by atoms with Crippen molar-refractivity contribution in [2.45, 2.75) is 6.54 Å². The Kier molecular flexibility index (Phi) is 5.45. The van der Waals surface area contributed by atoms with Gasteiger partial charge in [-0.3, -0.25) is 10.1 Å². The Balaban J connectivity index is 2.91. The molecule has 0 spiro atoms. The highest BCUT2D eigenvalue weighted by atomic mass is 35.5. The molecule has 0 radical (unpaired) electrons. The molecule has 0 saturated heterocycles. The number of hydrogen-bond donors (Lipinski definition) is 1. The normalized spacial score (nSPS) is 10.7. The van der Waals surface area contributed by atoms with Gasteiger partial charge in [0.05, 0.1) is 4.92 Å². The van der Waals surface area contributed by atoms with E-state index in [1.54, 1.807) is 25.3 Å². The molecule has 6 heteroatoms. The fourth-order valence-electron chi connectivity index (χ4n) is 1.32. The molecule has 92 valence electrons. The minimum absolute atomic E-state index is 0.0410. The van der Waals surface area contributed by atoms with Crippen LogP contribution in [0, 0.1) is 10.1 Å². The zero-order valence-electron chi connectivity index (χ0n) is 9.35. The van der Waals surface area contributed by atoms with Gasteiger partial charge in [0.1, 0.15) is 6.61 Å². The topological polar surface area (TPSA) is 64.4 Å². The Labute approximate surface area is 104 Å². The third-order valence-electron chi connectivity index (χ3n) is 2.03. The van der Waals surface area contributed by atoms with Crippen LogP contribution in [0.3, 0.4) is 0 Å². The molecule has 1 N–H and O–H groups in total. The van der Waals surface area contributed by atoms with Crippen molar-refractivity contribution in [2.24, 2.45) is 0 Å². The van der Waals surface area contributed by atoms with Crippen LogP contribution in [0.25, 0.3) is 0 Å². The lowest BCUT2D eigenvalue weighted by Gasteiger charge is -2.06. The lowest BCUT2D eigenvalue weighted by atomic mass is 10.2. The molecule has 0 bridgehead atoms. The monoisotopic (exact) mass is 256 g/mol. The summed E-state index contributed by atoms with van der Waals surface area (Å²) in [6, 6.07) is 4.87. The van der Waals surface area contributed by atoms with Gasteiger partial charge in [-0.15, -0.1) is 0 Å². The standard InChI is InChI=1S/C11H13ClN2O3/c1-13-8-9-3-4-11(17-6-2-5-12)10(7-9)14(15)16/h2-5,7,13H,6,8H2,1H3/b5-2+. The molecule has 0 saturated carbocycles. The minimum Gasteiger partial charge on any atom is -0.483 e. The van der Waals surface area contributed by atoms with E-state index in [2.05, 4.69) is 5.32 Å². The van der Waals surface area contributed by atoms with E-state index in [0.29, 0.717) is 6.54 Å². The molecule has 0 fully saturated rings. The summed E-state index contributed by atoms with van der Waals surface area (Å²) in [5, 5.41) is 13.8. The number of nitrogens with zero attached hydrogens (tertiary/aromatic N) is 1. The van der Waals surface area contributed by atoms with Crippen LogP contribution in [0.4, 0.5) is 5.69 Å². The van der Waals surface area contributed by atoms with Gasteiger partial charge in [0, 0.05) is 18.1 Å². The molecule has 1 aromatic rings. The van der Waals surface area contributed by atoms with Crippen LogP contribution in [0.5, 0.6) is 5.75 Å². The first kappa shape index (κ1) is 13.5. The van der Waals surface area contributed by atoms with E-state index in [4.69, 9.17) is 16.3 Å². The number of nitro groups is 1. The second kappa shape index (κ2) is 6.88. The molecule has 0 amide bonds. The van der Waals surface area contributed by atoms with Gasteiger partial charge in [-0.1, -0.05) is 17.7 Å². The second-order valence-corrected chi connectivity index (χ2v) is 3.51. The summed E-state index contributed by atoms with van der Waals surface area (Å²) in [4.78, 5) is 10.4. The molecule has 0 unspecified atom stereocenters. The van der Waals surface area contributed by atoms with Gasteiger partial charge in [0.25, 0.3) is 0 Å². The molecular formula is C11H13ClN2O3. The number of benzene rings is 1. The van der Waals surface area contributed by atoms with Crippen LogP contribution in [0.2, 0.25) is 0 Å². The predicted octanol–water partition coefficient (Wildman–Crippen LogP) is 2.45.